The van der Waals surface area contributed by atoms with Crippen molar-refractivity contribution in [3.63, 3.8) is 0 Å². The fourth-order valence-electron chi connectivity index (χ4n) is 11.7. The predicted octanol–water partition coefficient (Wildman–Crippen LogP) is 20.0. The minimum atomic E-state index is 0.0646. The maximum atomic E-state index is 4.22. The van der Waals surface area contributed by atoms with E-state index in [0.29, 0.717) is 0 Å². The van der Waals surface area contributed by atoms with Crippen LogP contribution in [0.3, 0.4) is 0 Å². The van der Waals surface area contributed by atoms with E-state index in [0.717, 1.165) is 0 Å². The summed E-state index contributed by atoms with van der Waals surface area (Å²) in [6.07, 6.45) is 44.3. The molecule has 0 radical (unpaired) electrons. The zero-order chi connectivity index (χ0) is 43.5. The van der Waals surface area contributed by atoms with E-state index < -0.39 is 0 Å². The summed E-state index contributed by atoms with van der Waals surface area (Å²) in [6, 6.07) is 31.7. The van der Waals surface area contributed by atoms with Crippen LogP contribution in [0.1, 0.15) is 246 Å². The molecule has 4 aromatic carbocycles. The van der Waals surface area contributed by atoms with Crippen molar-refractivity contribution in [2.45, 2.75) is 218 Å². The van der Waals surface area contributed by atoms with E-state index in [-0.39, 0.29) is 10.8 Å². The third-order valence-corrected chi connectivity index (χ3v) is 15.2. The maximum Gasteiger partial charge on any atom is 0.0215 e. The first-order chi connectivity index (χ1) is 30.5. The molecule has 0 bridgehead atoms. The van der Waals surface area contributed by atoms with Crippen LogP contribution >= 0.6 is 0 Å². The molecule has 0 unspecified atom stereocenters. The van der Waals surface area contributed by atoms with Gasteiger partial charge in [0.25, 0.3) is 0 Å². The molecular formula is C62H86. The van der Waals surface area contributed by atoms with E-state index in [1.165, 1.54) is 219 Å². The van der Waals surface area contributed by atoms with Crippen LogP contribution in [0.25, 0.3) is 40.5 Å². The lowest BCUT2D eigenvalue weighted by atomic mass is 9.70. The summed E-state index contributed by atoms with van der Waals surface area (Å²) in [7, 11) is 0. The van der Waals surface area contributed by atoms with Gasteiger partial charge < -0.3 is 0 Å². The lowest BCUT2D eigenvalue weighted by Gasteiger charge is -2.33. The van der Waals surface area contributed by atoms with Crippen LogP contribution < -0.4 is 0 Å². The molecule has 0 heterocycles. The van der Waals surface area contributed by atoms with Crippen LogP contribution in [0.4, 0.5) is 0 Å². The highest BCUT2D eigenvalue weighted by molar-refractivity contribution is 5.86. The molecule has 0 aromatic heterocycles. The van der Waals surface area contributed by atoms with Crippen LogP contribution in [-0.4, -0.2) is 0 Å². The number of hydrogen-bond acceptors (Lipinski definition) is 0. The molecule has 0 heteroatoms. The van der Waals surface area contributed by atoms with Gasteiger partial charge in [-0.3, -0.25) is 0 Å². The fourth-order valence-corrected chi connectivity index (χ4v) is 11.7. The molecule has 0 saturated heterocycles. The van der Waals surface area contributed by atoms with E-state index in [1.54, 1.807) is 22.3 Å². The van der Waals surface area contributed by atoms with E-state index in [2.05, 4.69) is 131 Å². The Bertz CT molecular complexity index is 1950. The molecule has 0 atom stereocenters. The molecule has 0 spiro atoms. The lowest BCUT2D eigenvalue weighted by Crippen LogP contribution is -2.25. The van der Waals surface area contributed by atoms with Gasteiger partial charge in [0.2, 0.25) is 0 Å². The second-order valence-electron chi connectivity index (χ2n) is 19.7. The normalized spacial score (nSPS) is 14.3. The Labute approximate surface area is 381 Å². The number of fused-ring (bicyclic) bond motifs is 6. The van der Waals surface area contributed by atoms with Gasteiger partial charge in [-0.25, -0.2) is 0 Å². The maximum absolute atomic E-state index is 4.22. The molecule has 0 aliphatic heterocycles. The monoisotopic (exact) mass is 831 g/mol. The van der Waals surface area contributed by atoms with Crippen molar-refractivity contribution in [3.05, 3.63) is 124 Å². The zero-order valence-corrected chi connectivity index (χ0v) is 40.2. The number of rotatable bonds is 31. The van der Waals surface area contributed by atoms with E-state index in [1.807, 2.05) is 0 Å². The highest BCUT2D eigenvalue weighted by Gasteiger charge is 2.43. The Morgan fingerprint density at radius 3 is 1.03 bits per heavy atom. The molecule has 2 aliphatic carbocycles. The van der Waals surface area contributed by atoms with E-state index >= 15 is 0 Å². The highest BCUT2D eigenvalue weighted by atomic mass is 14.5. The quantitative estimate of drug-likeness (QED) is 0.0350. The van der Waals surface area contributed by atoms with Gasteiger partial charge >= 0.3 is 0 Å². The molecule has 334 valence electrons. The molecule has 6 rings (SSSR count). The van der Waals surface area contributed by atoms with Crippen molar-refractivity contribution >= 4 is 18.2 Å². The summed E-state index contributed by atoms with van der Waals surface area (Å²) >= 11 is 0. The molecular weight excluding hydrogens is 745 g/mol. The van der Waals surface area contributed by atoms with E-state index in [4.69, 9.17) is 0 Å². The zero-order valence-electron chi connectivity index (χ0n) is 40.2. The second kappa shape index (κ2) is 25.0. The largest absolute Gasteiger partial charge is 0.0985 e. The Morgan fingerprint density at radius 1 is 0.339 bits per heavy atom. The van der Waals surface area contributed by atoms with Crippen LogP contribution in [0, 0.1) is 0 Å². The minimum absolute atomic E-state index is 0.0646. The standard InChI is InChI=1S/C62H86/c1-6-11-15-19-23-29-43-61(44-30-24-20-16-12-7-2)57-34-28-27-33-53(57)54-41-38-51(48-59(54)61)35-36-52-39-42-56-55-40-37-50(10-5)47-58(55)62(60(56)49-52,45-31-25-21-17-13-8-3)46-32-26-22-18-14-9-4/h10,27-28,33-42,47-49H,5-9,11-26,29-32,43-46H2,1-4H3/b36-35+. The summed E-state index contributed by atoms with van der Waals surface area (Å²) in [5.74, 6) is 0. The Morgan fingerprint density at radius 2 is 0.645 bits per heavy atom. The van der Waals surface area contributed by atoms with Crippen molar-refractivity contribution in [1.82, 2.24) is 0 Å². The summed E-state index contributed by atoms with van der Waals surface area (Å²) in [5, 5.41) is 0. The first-order valence-corrected chi connectivity index (χ1v) is 26.4. The average molecular weight is 831 g/mol. The first kappa shape index (κ1) is 47.8. The first-order valence-electron chi connectivity index (χ1n) is 26.4. The van der Waals surface area contributed by atoms with Crippen molar-refractivity contribution in [3.8, 4) is 22.3 Å². The molecule has 0 saturated carbocycles. The van der Waals surface area contributed by atoms with Gasteiger partial charge in [-0.1, -0.05) is 285 Å². The van der Waals surface area contributed by atoms with Crippen molar-refractivity contribution in [2.75, 3.05) is 0 Å². The topological polar surface area (TPSA) is 0 Å². The van der Waals surface area contributed by atoms with Gasteiger partial charge in [-0.05, 0) is 86.9 Å². The van der Waals surface area contributed by atoms with Crippen molar-refractivity contribution in [2.24, 2.45) is 0 Å². The Kier molecular flexibility index (Phi) is 19.3. The lowest BCUT2D eigenvalue weighted by molar-refractivity contribution is 0.397. The molecule has 0 fully saturated rings. The van der Waals surface area contributed by atoms with Crippen LogP contribution in [0.2, 0.25) is 0 Å². The SMILES string of the molecule is C=Cc1ccc2c(c1)C(CCCCCCCC)(CCCCCCCC)c1cc(/C=C/c3ccc4c(c3)C(CCCCCCCC)(CCCCCCCC)c3ccccc3-4)ccc1-2. The molecule has 0 N–H and O–H groups in total. The molecule has 62 heavy (non-hydrogen) atoms. The van der Waals surface area contributed by atoms with Crippen LogP contribution in [-0.2, 0) is 10.8 Å². The Balaban J connectivity index is 1.32. The van der Waals surface area contributed by atoms with Crippen LogP contribution in [0.15, 0.2) is 85.4 Å². The smallest absolute Gasteiger partial charge is 0.0215 e. The third-order valence-electron chi connectivity index (χ3n) is 15.2. The van der Waals surface area contributed by atoms with Crippen molar-refractivity contribution < 1.29 is 0 Å². The Hall–Kier alpha value is -3.64. The van der Waals surface area contributed by atoms with Crippen molar-refractivity contribution in [1.29, 1.82) is 0 Å². The van der Waals surface area contributed by atoms with Crippen LogP contribution in [0.5, 0.6) is 0 Å². The third kappa shape index (κ3) is 11.7. The van der Waals surface area contributed by atoms with Gasteiger partial charge in [-0.2, -0.15) is 0 Å². The predicted molar refractivity (Wildman–Crippen MR) is 276 cm³/mol. The summed E-state index contributed by atoms with van der Waals surface area (Å²) < 4.78 is 0. The van der Waals surface area contributed by atoms with Gasteiger partial charge in [0.1, 0.15) is 0 Å². The fraction of sp³-hybridized carbons (Fsp3) is 0.548. The second-order valence-corrected chi connectivity index (χ2v) is 19.7. The molecule has 0 amide bonds. The van der Waals surface area contributed by atoms with E-state index in [9.17, 15) is 0 Å². The average Bonchev–Trinajstić information content (AvgIpc) is 3.73. The number of benzene rings is 4. The van der Waals surface area contributed by atoms with Gasteiger partial charge in [-0.15, -0.1) is 0 Å². The molecule has 0 nitrogen and oxygen atoms in total. The molecule has 4 aromatic rings. The highest BCUT2D eigenvalue weighted by Crippen LogP contribution is 2.56. The summed E-state index contributed by atoms with van der Waals surface area (Å²) in [5.41, 5.74) is 16.4. The van der Waals surface area contributed by atoms with Gasteiger partial charge in [0.05, 0.1) is 0 Å². The summed E-state index contributed by atoms with van der Waals surface area (Å²) in [4.78, 5) is 0. The molecule has 2 aliphatic rings. The van der Waals surface area contributed by atoms with Gasteiger partial charge in [0, 0.05) is 10.8 Å². The number of unbranched alkanes of at least 4 members (excludes halogenated alkanes) is 20. The number of hydrogen-bond donors (Lipinski definition) is 0. The summed E-state index contributed by atoms with van der Waals surface area (Å²) in [6.45, 7) is 13.5. The minimum Gasteiger partial charge on any atom is -0.0985 e. The van der Waals surface area contributed by atoms with Gasteiger partial charge in [0.15, 0.2) is 0 Å².